The van der Waals surface area contributed by atoms with Gasteiger partial charge in [-0.1, -0.05) is 31.9 Å². The van der Waals surface area contributed by atoms with E-state index in [1.54, 1.807) is 6.07 Å². The SMILES string of the molecule is COC(=O)c1c(CBr)cc(Br)cc1OCC(F)(F)F. The third-order valence-electron chi connectivity index (χ3n) is 2.07. The third-order valence-corrected chi connectivity index (χ3v) is 3.14. The second-order valence-electron chi connectivity index (χ2n) is 3.47. The van der Waals surface area contributed by atoms with Crippen LogP contribution in [0.3, 0.4) is 0 Å². The van der Waals surface area contributed by atoms with Crippen LogP contribution in [0.2, 0.25) is 0 Å². The van der Waals surface area contributed by atoms with Crippen molar-refractivity contribution in [2.75, 3.05) is 13.7 Å². The van der Waals surface area contributed by atoms with Gasteiger partial charge in [-0.15, -0.1) is 0 Å². The van der Waals surface area contributed by atoms with Crippen LogP contribution in [-0.2, 0) is 10.1 Å². The van der Waals surface area contributed by atoms with Crippen LogP contribution in [0, 0.1) is 0 Å². The molecule has 0 spiro atoms. The summed E-state index contributed by atoms with van der Waals surface area (Å²) in [5.41, 5.74) is 0.449. The van der Waals surface area contributed by atoms with E-state index in [4.69, 9.17) is 0 Å². The Morgan fingerprint density at radius 1 is 1.37 bits per heavy atom. The maximum atomic E-state index is 12.2. The van der Waals surface area contributed by atoms with Gasteiger partial charge in [-0.3, -0.25) is 0 Å². The molecular weight excluding hydrogens is 397 g/mol. The minimum absolute atomic E-state index is 0.0215. The highest BCUT2D eigenvalue weighted by molar-refractivity contribution is 9.10. The van der Waals surface area contributed by atoms with E-state index in [2.05, 4.69) is 41.3 Å². The second kappa shape index (κ2) is 6.60. The molecule has 0 saturated carbocycles. The molecule has 0 radical (unpaired) electrons. The van der Waals surface area contributed by atoms with E-state index in [1.165, 1.54) is 6.07 Å². The number of alkyl halides is 4. The fourth-order valence-corrected chi connectivity index (χ4v) is 2.27. The Kier molecular flexibility index (Phi) is 5.66. The number of esters is 1. The molecule has 0 unspecified atom stereocenters. The summed E-state index contributed by atoms with van der Waals surface area (Å²) in [6.45, 7) is -1.48. The number of halogens is 5. The summed E-state index contributed by atoms with van der Waals surface area (Å²) in [6, 6.07) is 2.89. The number of hydrogen-bond donors (Lipinski definition) is 0. The Bertz CT molecular complexity index is 475. The van der Waals surface area contributed by atoms with Gasteiger partial charge >= 0.3 is 12.1 Å². The molecule has 0 aliphatic heterocycles. The largest absolute Gasteiger partial charge is 0.483 e. The van der Waals surface area contributed by atoms with Gasteiger partial charge in [0.05, 0.1) is 7.11 Å². The summed E-state index contributed by atoms with van der Waals surface area (Å²) in [7, 11) is 1.15. The number of hydrogen-bond acceptors (Lipinski definition) is 3. The van der Waals surface area contributed by atoms with E-state index in [-0.39, 0.29) is 16.6 Å². The van der Waals surface area contributed by atoms with Crippen LogP contribution < -0.4 is 4.74 Å². The zero-order valence-corrected chi connectivity index (χ0v) is 12.9. The van der Waals surface area contributed by atoms with Crippen LogP contribution >= 0.6 is 31.9 Å². The zero-order valence-electron chi connectivity index (χ0n) is 9.68. The Hall–Kier alpha value is -0.760. The summed E-state index contributed by atoms with van der Waals surface area (Å²) in [4.78, 5) is 11.6. The van der Waals surface area contributed by atoms with Gasteiger partial charge in [0.15, 0.2) is 6.61 Å². The van der Waals surface area contributed by atoms with Gasteiger partial charge in [-0.25, -0.2) is 4.79 Å². The smallest absolute Gasteiger partial charge is 0.422 e. The molecule has 0 aromatic heterocycles. The quantitative estimate of drug-likeness (QED) is 0.559. The van der Waals surface area contributed by atoms with Gasteiger partial charge in [0, 0.05) is 9.80 Å². The van der Waals surface area contributed by atoms with Crippen molar-refractivity contribution in [3.8, 4) is 5.75 Å². The number of methoxy groups -OCH3 is 1. The first kappa shape index (κ1) is 16.3. The van der Waals surface area contributed by atoms with Crippen molar-refractivity contribution >= 4 is 37.8 Å². The molecule has 0 fully saturated rings. The van der Waals surface area contributed by atoms with Crippen LogP contribution in [0.5, 0.6) is 5.75 Å². The predicted molar refractivity (Wildman–Crippen MR) is 69.7 cm³/mol. The van der Waals surface area contributed by atoms with Crippen LogP contribution in [0.15, 0.2) is 16.6 Å². The molecule has 0 bridgehead atoms. The van der Waals surface area contributed by atoms with Crippen LogP contribution in [0.25, 0.3) is 0 Å². The van der Waals surface area contributed by atoms with E-state index in [0.717, 1.165) is 7.11 Å². The molecule has 0 N–H and O–H groups in total. The first-order chi connectivity index (χ1) is 8.78. The van der Waals surface area contributed by atoms with E-state index in [0.29, 0.717) is 10.0 Å². The van der Waals surface area contributed by atoms with Crippen molar-refractivity contribution in [2.24, 2.45) is 0 Å². The Morgan fingerprint density at radius 2 is 2.00 bits per heavy atom. The zero-order chi connectivity index (χ0) is 14.6. The van der Waals surface area contributed by atoms with Crippen LogP contribution in [0.4, 0.5) is 13.2 Å². The van der Waals surface area contributed by atoms with Crippen molar-refractivity contribution < 1.29 is 27.4 Å². The predicted octanol–water partition coefficient (Wildman–Crippen LogP) is 4.07. The molecule has 8 heteroatoms. The molecule has 19 heavy (non-hydrogen) atoms. The number of benzene rings is 1. The number of rotatable bonds is 4. The molecule has 0 amide bonds. The highest BCUT2D eigenvalue weighted by atomic mass is 79.9. The first-order valence-corrected chi connectivity index (χ1v) is 6.86. The number of ether oxygens (including phenoxy) is 2. The van der Waals surface area contributed by atoms with E-state index >= 15 is 0 Å². The van der Waals surface area contributed by atoms with Gasteiger partial charge in [0.25, 0.3) is 0 Å². The molecule has 0 saturated heterocycles. The lowest BCUT2D eigenvalue weighted by molar-refractivity contribution is -0.153. The molecule has 1 rings (SSSR count). The maximum absolute atomic E-state index is 12.2. The fourth-order valence-electron chi connectivity index (χ4n) is 1.35. The van der Waals surface area contributed by atoms with E-state index < -0.39 is 18.8 Å². The summed E-state index contributed by atoms with van der Waals surface area (Å²) in [5.74, 6) is -0.924. The molecule has 1 aromatic carbocycles. The third kappa shape index (κ3) is 4.68. The van der Waals surface area contributed by atoms with E-state index in [9.17, 15) is 18.0 Å². The lowest BCUT2D eigenvalue weighted by atomic mass is 10.1. The maximum Gasteiger partial charge on any atom is 0.422 e. The van der Waals surface area contributed by atoms with Gasteiger partial charge in [0.2, 0.25) is 0 Å². The van der Waals surface area contributed by atoms with Crippen molar-refractivity contribution in [1.29, 1.82) is 0 Å². The molecule has 0 aliphatic rings. The average molecular weight is 406 g/mol. The number of carbonyl (C=O) groups is 1. The summed E-state index contributed by atoms with van der Waals surface area (Å²) in [5, 5.41) is 0.277. The molecule has 1 aromatic rings. The molecule has 0 aliphatic carbocycles. The average Bonchev–Trinajstić information content (AvgIpc) is 2.33. The fraction of sp³-hybridized carbons (Fsp3) is 0.364. The highest BCUT2D eigenvalue weighted by Gasteiger charge is 2.30. The van der Waals surface area contributed by atoms with E-state index in [1.807, 2.05) is 0 Å². The summed E-state index contributed by atoms with van der Waals surface area (Å²) in [6.07, 6.45) is -4.48. The van der Waals surface area contributed by atoms with Gasteiger partial charge < -0.3 is 9.47 Å². The standard InChI is InChI=1S/C11H9Br2F3O3/c1-18-10(17)9-6(4-12)2-7(13)3-8(9)19-5-11(14,15)16/h2-3H,4-5H2,1H3. The van der Waals surface area contributed by atoms with Crippen molar-refractivity contribution in [2.45, 2.75) is 11.5 Å². The monoisotopic (exact) mass is 404 g/mol. The van der Waals surface area contributed by atoms with Gasteiger partial charge in [-0.05, 0) is 17.7 Å². The first-order valence-electron chi connectivity index (χ1n) is 4.94. The van der Waals surface area contributed by atoms with Crippen molar-refractivity contribution in [3.63, 3.8) is 0 Å². The summed E-state index contributed by atoms with van der Waals surface area (Å²) >= 11 is 6.30. The lowest BCUT2D eigenvalue weighted by Crippen LogP contribution is -2.21. The molecular formula is C11H9Br2F3O3. The van der Waals surface area contributed by atoms with Crippen molar-refractivity contribution in [3.05, 3.63) is 27.7 Å². The minimum atomic E-state index is -4.48. The van der Waals surface area contributed by atoms with Crippen molar-refractivity contribution in [1.82, 2.24) is 0 Å². The molecule has 106 valence electrons. The normalized spacial score (nSPS) is 11.3. The Labute approximate surface area is 124 Å². The second-order valence-corrected chi connectivity index (χ2v) is 4.94. The minimum Gasteiger partial charge on any atom is -0.483 e. The number of carbonyl (C=O) groups excluding carboxylic acids is 1. The topological polar surface area (TPSA) is 35.5 Å². The summed E-state index contributed by atoms with van der Waals surface area (Å²) < 4.78 is 46.3. The van der Waals surface area contributed by atoms with Gasteiger partial charge in [-0.2, -0.15) is 13.2 Å². The van der Waals surface area contributed by atoms with Gasteiger partial charge in [0.1, 0.15) is 11.3 Å². The van der Waals surface area contributed by atoms with Crippen LogP contribution in [0.1, 0.15) is 15.9 Å². The highest BCUT2D eigenvalue weighted by Crippen LogP contribution is 2.31. The molecule has 0 atom stereocenters. The van der Waals surface area contributed by atoms with Crippen LogP contribution in [-0.4, -0.2) is 25.9 Å². The Morgan fingerprint density at radius 3 is 2.47 bits per heavy atom. The molecule has 3 nitrogen and oxygen atoms in total. The lowest BCUT2D eigenvalue weighted by Gasteiger charge is -2.15. The Balaban J connectivity index is 3.19. The molecule has 0 heterocycles.